The second-order valence-corrected chi connectivity index (χ2v) is 16.5. The van der Waals surface area contributed by atoms with Gasteiger partial charge in [0.25, 0.3) is 10.1 Å². The normalized spacial score (nSPS) is 21.0. The topological polar surface area (TPSA) is 186 Å². The van der Waals surface area contributed by atoms with Crippen LogP contribution in [0, 0.1) is 0 Å². The van der Waals surface area contributed by atoms with Gasteiger partial charge in [-0.3, -0.25) is 14.1 Å². The van der Waals surface area contributed by atoms with E-state index in [2.05, 4.69) is 74.6 Å². The first-order valence-corrected chi connectivity index (χ1v) is 23.5. The van der Waals surface area contributed by atoms with Crippen LogP contribution in [-0.4, -0.2) is 96.0 Å². The highest BCUT2D eigenvalue weighted by molar-refractivity contribution is 7.85. The molecule has 1 heterocycles. The van der Waals surface area contributed by atoms with Crippen molar-refractivity contribution in [3.05, 3.63) is 60.8 Å². The second kappa shape index (κ2) is 35.1. The van der Waals surface area contributed by atoms with Gasteiger partial charge >= 0.3 is 11.9 Å². The summed E-state index contributed by atoms with van der Waals surface area (Å²) >= 11 is 0. The number of esters is 2. The molecule has 0 amide bonds. The highest BCUT2D eigenvalue weighted by Gasteiger charge is 2.46. The predicted molar refractivity (Wildman–Crippen MR) is 229 cm³/mol. The number of ether oxygens (including phenoxy) is 4. The number of carbonyl (C=O) groups is 2. The van der Waals surface area contributed by atoms with Crippen molar-refractivity contribution in [3.8, 4) is 0 Å². The van der Waals surface area contributed by atoms with Crippen LogP contribution >= 0.6 is 0 Å². The van der Waals surface area contributed by atoms with E-state index in [1.54, 1.807) is 0 Å². The van der Waals surface area contributed by atoms with E-state index < -0.39 is 71.2 Å². The Balaban J connectivity index is 2.52. The van der Waals surface area contributed by atoms with E-state index in [0.29, 0.717) is 12.8 Å². The van der Waals surface area contributed by atoms with Gasteiger partial charge in [-0.05, 0) is 77.0 Å². The molecule has 2 unspecified atom stereocenters. The van der Waals surface area contributed by atoms with Crippen LogP contribution in [-0.2, 0) is 38.7 Å². The third kappa shape index (κ3) is 29.5. The molecule has 0 aliphatic carbocycles. The van der Waals surface area contributed by atoms with Crippen molar-refractivity contribution < 1.29 is 56.8 Å². The van der Waals surface area contributed by atoms with E-state index in [9.17, 15) is 37.9 Å². The Morgan fingerprint density at radius 3 is 1.71 bits per heavy atom. The molecule has 1 rings (SSSR count). The maximum Gasteiger partial charge on any atom is 0.306 e. The van der Waals surface area contributed by atoms with Crippen LogP contribution in [0.2, 0.25) is 0 Å². The standard InChI is InChI=1S/C45H76O12S/c1-3-5-7-9-11-13-15-17-19-21-23-25-27-29-31-33-40(46)54-35-38(36-55-45-44(50)43(49)42(48)39(57-45)37-58(51,52)53)56-41(47)34-32-30-28-26-24-22-20-18-16-14-12-10-8-6-4-2/h11,13-14,16-20,23,25,38-39,42-45,48-50H,3-10,12,15,21-22,24,26-37H2,1-2H3,(H,51,52,53)/b13-11+,16-14+,19-17+,20-18+,25-23+/t38-,39-,42-,43?,44?,45+/m1/s1. The molecule has 1 fully saturated rings. The summed E-state index contributed by atoms with van der Waals surface area (Å²) in [5.41, 5.74) is 0. The Labute approximate surface area is 349 Å². The minimum atomic E-state index is -4.61. The average Bonchev–Trinajstić information content (AvgIpc) is 3.18. The Kier molecular flexibility index (Phi) is 32.3. The lowest BCUT2D eigenvalue weighted by molar-refractivity contribution is -0.297. The Bertz CT molecular complexity index is 1310. The van der Waals surface area contributed by atoms with Crippen molar-refractivity contribution in [3.63, 3.8) is 0 Å². The largest absolute Gasteiger partial charge is 0.462 e. The molecular weight excluding hydrogens is 765 g/mol. The van der Waals surface area contributed by atoms with Crippen LogP contribution in [0.4, 0.5) is 0 Å². The number of hydrogen-bond acceptors (Lipinski definition) is 11. The van der Waals surface area contributed by atoms with Crippen LogP contribution in [0.5, 0.6) is 0 Å². The molecular formula is C45H76O12S. The first-order chi connectivity index (χ1) is 28.0. The van der Waals surface area contributed by atoms with Gasteiger partial charge in [0.1, 0.15) is 36.8 Å². The van der Waals surface area contributed by atoms with Crippen LogP contribution in [0.25, 0.3) is 0 Å². The summed E-state index contributed by atoms with van der Waals surface area (Å²) in [7, 11) is -4.61. The van der Waals surface area contributed by atoms with Gasteiger partial charge in [0.15, 0.2) is 12.4 Å². The lowest BCUT2D eigenvalue weighted by Crippen LogP contribution is -2.60. The van der Waals surface area contributed by atoms with Crippen molar-refractivity contribution in [2.45, 2.75) is 192 Å². The van der Waals surface area contributed by atoms with Crippen molar-refractivity contribution in [1.29, 1.82) is 0 Å². The average molecular weight is 841 g/mol. The van der Waals surface area contributed by atoms with Gasteiger partial charge in [0.05, 0.1) is 6.61 Å². The van der Waals surface area contributed by atoms with Crippen LogP contribution < -0.4 is 0 Å². The molecule has 0 spiro atoms. The monoisotopic (exact) mass is 841 g/mol. The molecule has 4 N–H and O–H groups in total. The van der Waals surface area contributed by atoms with E-state index in [-0.39, 0.29) is 19.4 Å². The van der Waals surface area contributed by atoms with E-state index >= 15 is 0 Å². The van der Waals surface area contributed by atoms with E-state index in [0.717, 1.165) is 70.6 Å². The molecule has 0 bridgehead atoms. The number of aliphatic hydroxyl groups is 3. The molecule has 334 valence electrons. The lowest BCUT2D eigenvalue weighted by Gasteiger charge is -2.40. The zero-order valence-electron chi connectivity index (χ0n) is 35.4. The molecule has 6 atom stereocenters. The van der Waals surface area contributed by atoms with Crippen LogP contribution in [0.15, 0.2) is 60.8 Å². The van der Waals surface area contributed by atoms with E-state index in [1.807, 2.05) is 0 Å². The van der Waals surface area contributed by atoms with Crippen molar-refractivity contribution in [2.75, 3.05) is 19.0 Å². The second-order valence-electron chi connectivity index (χ2n) is 15.0. The Hall–Kier alpha value is -2.65. The minimum Gasteiger partial charge on any atom is -0.462 e. The highest BCUT2D eigenvalue weighted by atomic mass is 32.2. The van der Waals surface area contributed by atoms with Crippen LogP contribution in [0.1, 0.15) is 155 Å². The summed E-state index contributed by atoms with van der Waals surface area (Å²) < 4.78 is 53.9. The highest BCUT2D eigenvalue weighted by Crippen LogP contribution is 2.24. The van der Waals surface area contributed by atoms with E-state index in [4.69, 9.17) is 18.9 Å². The summed E-state index contributed by atoms with van der Waals surface area (Å²) in [6, 6.07) is 0. The summed E-state index contributed by atoms with van der Waals surface area (Å²) in [5.74, 6) is -2.06. The first kappa shape index (κ1) is 53.4. The quantitative estimate of drug-likeness (QED) is 0.0157. The molecule has 1 saturated heterocycles. The van der Waals surface area contributed by atoms with Crippen molar-refractivity contribution >= 4 is 22.1 Å². The fraction of sp³-hybridized carbons (Fsp3) is 0.733. The van der Waals surface area contributed by atoms with Crippen molar-refractivity contribution in [2.24, 2.45) is 0 Å². The number of hydrogen-bond donors (Lipinski definition) is 4. The predicted octanol–water partition coefficient (Wildman–Crippen LogP) is 8.56. The SMILES string of the molecule is CCCCC/C=C/C/C=C/C/C=C/CCCCC(=O)OC[C@H](CO[C@H]1O[C@H](CS(=O)(=O)O)[C@@H](O)C(O)C1O)OC(=O)CCCCCCC/C=C/C=C/CCCCCC. The van der Waals surface area contributed by atoms with Gasteiger partial charge in [-0.2, -0.15) is 8.42 Å². The number of carbonyl (C=O) groups excluding carboxylic acids is 2. The number of allylic oxidation sites excluding steroid dienone is 10. The van der Waals surface area contributed by atoms with Gasteiger partial charge < -0.3 is 34.3 Å². The number of rotatable bonds is 35. The zero-order chi connectivity index (χ0) is 42.7. The smallest absolute Gasteiger partial charge is 0.306 e. The van der Waals surface area contributed by atoms with Gasteiger partial charge in [-0.1, -0.05) is 126 Å². The summed E-state index contributed by atoms with van der Waals surface area (Å²) in [4.78, 5) is 25.3. The first-order valence-electron chi connectivity index (χ1n) is 21.9. The lowest BCUT2D eigenvalue weighted by atomic mass is 10.00. The number of aliphatic hydroxyl groups excluding tert-OH is 3. The summed E-state index contributed by atoms with van der Waals surface area (Å²) in [5, 5.41) is 30.8. The summed E-state index contributed by atoms with van der Waals surface area (Å²) in [6.45, 7) is 3.64. The minimum absolute atomic E-state index is 0.136. The zero-order valence-corrected chi connectivity index (χ0v) is 36.2. The van der Waals surface area contributed by atoms with Crippen molar-refractivity contribution in [1.82, 2.24) is 0 Å². The van der Waals surface area contributed by atoms with Gasteiger partial charge in [-0.15, -0.1) is 0 Å². The Morgan fingerprint density at radius 2 is 1.09 bits per heavy atom. The van der Waals surface area contributed by atoms with Gasteiger partial charge in [0.2, 0.25) is 0 Å². The summed E-state index contributed by atoms with van der Waals surface area (Å²) in [6.07, 6.45) is 32.7. The molecule has 0 radical (unpaired) electrons. The maximum absolute atomic E-state index is 12.8. The molecule has 0 aromatic carbocycles. The fourth-order valence-corrected chi connectivity index (χ4v) is 6.83. The van der Waals surface area contributed by atoms with Gasteiger partial charge in [-0.25, -0.2) is 0 Å². The van der Waals surface area contributed by atoms with Crippen LogP contribution in [0.3, 0.4) is 0 Å². The molecule has 1 aliphatic heterocycles. The fourth-order valence-electron chi connectivity index (χ4n) is 6.14. The third-order valence-electron chi connectivity index (χ3n) is 9.60. The molecule has 0 aromatic rings. The molecule has 13 heteroatoms. The molecule has 0 saturated carbocycles. The molecule has 0 aromatic heterocycles. The molecule has 1 aliphatic rings. The molecule has 58 heavy (non-hydrogen) atoms. The molecule has 12 nitrogen and oxygen atoms in total. The Morgan fingerprint density at radius 1 is 0.603 bits per heavy atom. The van der Waals surface area contributed by atoms with Gasteiger partial charge in [0, 0.05) is 12.8 Å². The van der Waals surface area contributed by atoms with E-state index in [1.165, 1.54) is 44.9 Å². The number of unbranched alkanes of at least 4 members (excludes halogenated alkanes) is 14. The third-order valence-corrected chi connectivity index (χ3v) is 10.3. The maximum atomic E-state index is 12.8.